The monoisotopic (exact) mass is 170 g/mol. The molecule has 12 heavy (non-hydrogen) atoms. The predicted molar refractivity (Wildman–Crippen MR) is 48.1 cm³/mol. The fourth-order valence-electron chi connectivity index (χ4n) is 2.12. The number of aliphatic hydroxyl groups is 1. The van der Waals surface area contributed by atoms with Crippen LogP contribution in [0.1, 0.15) is 13.8 Å². The average molecular weight is 170 g/mol. The Morgan fingerprint density at radius 3 is 2.42 bits per heavy atom. The van der Waals surface area contributed by atoms with Crippen molar-refractivity contribution in [2.24, 2.45) is 0 Å². The molecule has 0 aromatic rings. The minimum Gasteiger partial charge on any atom is -0.388 e. The van der Waals surface area contributed by atoms with E-state index >= 15 is 0 Å². The molecule has 2 heterocycles. The lowest BCUT2D eigenvalue weighted by atomic mass is 9.92. The van der Waals surface area contributed by atoms with Crippen LogP contribution in [0.15, 0.2) is 0 Å². The molecule has 0 amide bonds. The summed E-state index contributed by atoms with van der Waals surface area (Å²) in [6, 6.07) is 0.727. The fourth-order valence-corrected chi connectivity index (χ4v) is 2.12. The van der Waals surface area contributed by atoms with Gasteiger partial charge in [-0.15, -0.1) is 0 Å². The van der Waals surface area contributed by atoms with E-state index in [-0.39, 0.29) is 0 Å². The van der Waals surface area contributed by atoms with Crippen LogP contribution in [0.2, 0.25) is 0 Å². The summed E-state index contributed by atoms with van der Waals surface area (Å²) >= 11 is 0. The van der Waals surface area contributed by atoms with Gasteiger partial charge in [-0.1, -0.05) is 6.92 Å². The molecule has 0 radical (unpaired) electrons. The lowest BCUT2D eigenvalue weighted by molar-refractivity contribution is -0.127. The van der Waals surface area contributed by atoms with Crippen molar-refractivity contribution >= 4 is 0 Å². The lowest BCUT2D eigenvalue weighted by Gasteiger charge is -2.54. The molecule has 3 heteroatoms. The maximum Gasteiger partial charge on any atom is 0.0872 e. The van der Waals surface area contributed by atoms with Crippen molar-refractivity contribution in [1.82, 2.24) is 9.80 Å². The summed E-state index contributed by atoms with van der Waals surface area (Å²) in [7, 11) is 0. The molecule has 1 N–H and O–H groups in total. The molecule has 0 aliphatic carbocycles. The van der Waals surface area contributed by atoms with Crippen molar-refractivity contribution in [3.05, 3.63) is 0 Å². The van der Waals surface area contributed by atoms with E-state index in [2.05, 4.69) is 16.7 Å². The molecule has 70 valence electrons. The average Bonchev–Trinajstić information content (AvgIpc) is 1.81. The van der Waals surface area contributed by atoms with E-state index in [1.165, 1.54) is 19.6 Å². The highest BCUT2D eigenvalue weighted by atomic mass is 16.3. The second-order valence-corrected chi connectivity index (χ2v) is 4.41. The molecular formula is C9H18N2O. The van der Waals surface area contributed by atoms with Crippen LogP contribution in [-0.4, -0.2) is 59.3 Å². The first kappa shape index (κ1) is 8.48. The van der Waals surface area contributed by atoms with Gasteiger partial charge in [0.05, 0.1) is 5.60 Å². The summed E-state index contributed by atoms with van der Waals surface area (Å²) in [5.41, 5.74) is -0.396. The highest BCUT2D eigenvalue weighted by molar-refractivity contribution is 4.99. The summed E-state index contributed by atoms with van der Waals surface area (Å²) in [6.45, 7) is 9.42. The first-order valence-electron chi connectivity index (χ1n) is 4.79. The third-order valence-electron chi connectivity index (χ3n) is 2.99. The SMILES string of the molecule is CCN1CC(N2CC(C)(O)C2)C1. The number of nitrogens with zero attached hydrogens (tertiary/aromatic N) is 2. The molecule has 0 unspecified atom stereocenters. The zero-order valence-corrected chi connectivity index (χ0v) is 7.95. The zero-order valence-electron chi connectivity index (χ0n) is 7.95. The number of hydrogen-bond donors (Lipinski definition) is 1. The topological polar surface area (TPSA) is 26.7 Å². The van der Waals surface area contributed by atoms with Crippen LogP contribution < -0.4 is 0 Å². The Morgan fingerprint density at radius 2 is 2.00 bits per heavy atom. The van der Waals surface area contributed by atoms with Crippen molar-refractivity contribution in [2.45, 2.75) is 25.5 Å². The first-order chi connectivity index (χ1) is 5.61. The molecular weight excluding hydrogens is 152 g/mol. The Kier molecular flexibility index (Phi) is 1.90. The van der Waals surface area contributed by atoms with Gasteiger partial charge in [-0.2, -0.15) is 0 Å². The smallest absolute Gasteiger partial charge is 0.0872 e. The van der Waals surface area contributed by atoms with Crippen LogP contribution in [-0.2, 0) is 0 Å². The molecule has 0 saturated carbocycles. The molecule has 0 spiro atoms. The Bertz CT molecular complexity index is 167. The molecule has 2 fully saturated rings. The van der Waals surface area contributed by atoms with Gasteiger partial charge in [0, 0.05) is 32.2 Å². The summed E-state index contributed by atoms with van der Waals surface area (Å²) < 4.78 is 0. The van der Waals surface area contributed by atoms with E-state index in [0.717, 1.165) is 19.1 Å². The standard InChI is InChI=1S/C9H18N2O/c1-3-10-4-8(5-10)11-6-9(2,12)7-11/h8,12H,3-7H2,1-2H3. The normalized spacial score (nSPS) is 31.2. The third-order valence-corrected chi connectivity index (χ3v) is 2.99. The van der Waals surface area contributed by atoms with E-state index in [9.17, 15) is 5.11 Å². The van der Waals surface area contributed by atoms with Crippen LogP contribution in [0.3, 0.4) is 0 Å². The fraction of sp³-hybridized carbons (Fsp3) is 1.00. The molecule has 0 atom stereocenters. The Labute approximate surface area is 74.0 Å². The van der Waals surface area contributed by atoms with Gasteiger partial charge in [0.2, 0.25) is 0 Å². The lowest BCUT2D eigenvalue weighted by Crippen LogP contribution is -2.70. The van der Waals surface area contributed by atoms with Crippen LogP contribution in [0.5, 0.6) is 0 Å². The molecule has 0 aromatic heterocycles. The van der Waals surface area contributed by atoms with Gasteiger partial charge in [-0.25, -0.2) is 0 Å². The minimum absolute atomic E-state index is 0.396. The molecule has 0 bridgehead atoms. The second kappa shape index (κ2) is 2.69. The van der Waals surface area contributed by atoms with E-state index in [4.69, 9.17) is 0 Å². The van der Waals surface area contributed by atoms with E-state index in [1.807, 2.05) is 6.92 Å². The van der Waals surface area contributed by atoms with Crippen molar-refractivity contribution in [3.63, 3.8) is 0 Å². The molecule has 2 aliphatic heterocycles. The van der Waals surface area contributed by atoms with Crippen molar-refractivity contribution in [1.29, 1.82) is 0 Å². The minimum atomic E-state index is -0.396. The summed E-state index contributed by atoms with van der Waals surface area (Å²) in [5.74, 6) is 0. The number of hydrogen-bond acceptors (Lipinski definition) is 3. The van der Waals surface area contributed by atoms with E-state index in [1.54, 1.807) is 0 Å². The van der Waals surface area contributed by atoms with Gasteiger partial charge in [0.15, 0.2) is 0 Å². The predicted octanol–water partition coefficient (Wildman–Crippen LogP) is -0.243. The highest BCUT2D eigenvalue weighted by Crippen LogP contribution is 2.26. The van der Waals surface area contributed by atoms with Crippen molar-refractivity contribution < 1.29 is 5.11 Å². The largest absolute Gasteiger partial charge is 0.388 e. The Balaban J connectivity index is 1.71. The number of likely N-dealkylation sites (N-methyl/N-ethyl adjacent to an activating group) is 1. The molecule has 2 rings (SSSR count). The number of rotatable bonds is 2. The van der Waals surface area contributed by atoms with E-state index < -0.39 is 5.60 Å². The van der Waals surface area contributed by atoms with Gasteiger partial charge in [-0.05, 0) is 13.5 Å². The van der Waals surface area contributed by atoms with E-state index in [0.29, 0.717) is 0 Å². The van der Waals surface area contributed by atoms with Crippen molar-refractivity contribution in [2.75, 3.05) is 32.7 Å². The van der Waals surface area contributed by atoms with Crippen LogP contribution in [0.25, 0.3) is 0 Å². The van der Waals surface area contributed by atoms with Crippen molar-refractivity contribution in [3.8, 4) is 0 Å². The summed E-state index contributed by atoms with van der Waals surface area (Å²) in [5, 5.41) is 9.52. The molecule has 0 aromatic carbocycles. The highest BCUT2D eigenvalue weighted by Gasteiger charge is 2.43. The van der Waals surface area contributed by atoms with Gasteiger partial charge in [-0.3, -0.25) is 4.90 Å². The van der Waals surface area contributed by atoms with Crippen LogP contribution in [0, 0.1) is 0 Å². The van der Waals surface area contributed by atoms with Gasteiger partial charge < -0.3 is 10.0 Å². The van der Waals surface area contributed by atoms with Crippen LogP contribution >= 0.6 is 0 Å². The van der Waals surface area contributed by atoms with Gasteiger partial charge in [0.1, 0.15) is 0 Å². The summed E-state index contributed by atoms with van der Waals surface area (Å²) in [6.07, 6.45) is 0. The number of likely N-dealkylation sites (tertiary alicyclic amines) is 2. The quantitative estimate of drug-likeness (QED) is 0.619. The first-order valence-corrected chi connectivity index (χ1v) is 4.79. The Hall–Kier alpha value is -0.120. The zero-order chi connectivity index (χ0) is 8.77. The van der Waals surface area contributed by atoms with Gasteiger partial charge >= 0.3 is 0 Å². The second-order valence-electron chi connectivity index (χ2n) is 4.41. The molecule has 2 saturated heterocycles. The number of β-amino-alcohol motifs (C(OH)–C–C–N with tert-alkyl or cyclic N) is 1. The molecule has 2 aliphatic rings. The maximum atomic E-state index is 9.52. The third kappa shape index (κ3) is 1.37. The summed E-state index contributed by atoms with van der Waals surface area (Å²) in [4.78, 5) is 4.81. The maximum absolute atomic E-state index is 9.52. The Morgan fingerprint density at radius 1 is 1.42 bits per heavy atom. The molecule has 3 nitrogen and oxygen atoms in total. The van der Waals surface area contributed by atoms with Crippen LogP contribution in [0.4, 0.5) is 0 Å². The van der Waals surface area contributed by atoms with Gasteiger partial charge in [0.25, 0.3) is 0 Å².